The van der Waals surface area contributed by atoms with Crippen molar-refractivity contribution in [3.05, 3.63) is 29.7 Å². The van der Waals surface area contributed by atoms with Gasteiger partial charge in [-0.1, -0.05) is 6.92 Å². The minimum Gasteiger partial charge on any atom is -0.235 e. The Morgan fingerprint density at radius 1 is 1.42 bits per heavy atom. The minimum atomic E-state index is 0.937. The Morgan fingerprint density at radius 3 is 3.00 bits per heavy atom. The molecular formula is C9H11N3. The van der Waals surface area contributed by atoms with Crippen molar-refractivity contribution in [2.24, 2.45) is 0 Å². The molecule has 12 heavy (non-hydrogen) atoms. The van der Waals surface area contributed by atoms with Crippen LogP contribution in [0, 0.1) is 6.92 Å². The van der Waals surface area contributed by atoms with E-state index in [0.717, 1.165) is 17.8 Å². The number of aryl methyl sites for hydroxylation is 2. The fraction of sp³-hybridized carbons (Fsp3) is 0.333. The molecule has 2 aromatic rings. The molecule has 3 nitrogen and oxygen atoms in total. The number of hydrogen-bond acceptors (Lipinski definition) is 2. The first-order valence-electron chi connectivity index (χ1n) is 4.10. The summed E-state index contributed by atoms with van der Waals surface area (Å²) in [5, 5.41) is 4.27. The third-order valence-corrected chi connectivity index (χ3v) is 2.00. The number of hydrogen-bond donors (Lipinski definition) is 0. The lowest BCUT2D eigenvalue weighted by Crippen LogP contribution is -1.94. The van der Waals surface area contributed by atoms with Gasteiger partial charge in [-0.3, -0.25) is 0 Å². The number of imidazole rings is 1. The minimum absolute atomic E-state index is 0.937. The second kappa shape index (κ2) is 2.59. The van der Waals surface area contributed by atoms with Crippen molar-refractivity contribution in [2.75, 3.05) is 0 Å². The van der Waals surface area contributed by atoms with Crippen molar-refractivity contribution < 1.29 is 0 Å². The highest BCUT2D eigenvalue weighted by Gasteiger charge is 1.99. The largest absolute Gasteiger partial charge is 0.235 e. The topological polar surface area (TPSA) is 30.2 Å². The summed E-state index contributed by atoms with van der Waals surface area (Å²) in [6.45, 7) is 4.11. The molecule has 0 aliphatic rings. The molecule has 0 aliphatic carbocycles. The molecule has 0 radical (unpaired) electrons. The van der Waals surface area contributed by atoms with E-state index < -0.39 is 0 Å². The highest BCUT2D eigenvalue weighted by atomic mass is 15.2. The molecule has 0 aliphatic heterocycles. The molecule has 0 bridgehead atoms. The van der Waals surface area contributed by atoms with E-state index in [1.54, 1.807) is 0 Å². The fourth-order valence-electron chi connectivity index (χ4n) is 1.23. The van der Waals surface area contributed by atoms with E-state index in [9.17, 15) is 0 Å². The van der Waals surface area contributed by atoms with Crippen LogP contribution in [0.25, 0.3) is 5.65 Å². The van der Waals surface area contributed by atoms with Crippen molar-refractivity contribution in [2.45, 2.75) is 20.3 Å². The zero-order valence-corrected chi connectivity index (χ0v) is 7.28. The van der Waals surface area contributed by atoms with E-state index in [-0.39, 0.29) is 0 Å². The molecule has 0 aromatic carbocycles. The summed E-state index contributed by atoms with van der Waals surface area (Å²) < 4.78 is 1.85. The quantitative estimate of drug-likeness (QED) is 0.636. The monoisotopic (exact) mass is 161 g/mol. The van der Waals surface area contributed by atoms with Crippen molar-refractivity contribution in [1.29, 1.82) is 0 Å². The maximum absolute atomic E-state index is 4.27. The number of fused-ring (bicyclic) bond motifs is 1. The van der Waals surface area contributed by atoms with Gasteiger partial charge < -0.3 is 0 Å². The Hall–Kier alpha value is -1.38. The lowest BCUT2D eigenvalue weighted by Gasteiger charge is -1.97. The standard InChI is InChI=1S/C9H11N3/c1-3-8-4-9-10-5-7(2)12(9)11-6-8/h4-6H,3H2,1-2H3. The molecular weight excluding hydrogens is 150 g/mol. The molecule has 0 saturated carbocycles. The van der Waals surface area contributed by atoms with Crippen LogP contribution in [-0.4, -0.2) is 14.6 Å². The smallest absolute Gasteiger partial charge is 0.154 e. The molecule has 0 N–H and O–H groups in total. The first kappa shape index (κ1) is 7.28. The number of nitrogens with zero attached hydrogens (tertiary/aromatic N) is 3. The first-order valence-corrected chi connectivity index (χ1v) is 4.10. The predicted molar refractivity (Wildman–Crippen MR) is 47.1 cm³/mol. The van der Waals surface area contributed by atoms with Crippen LogP contribution in [0.2, 0.25) is 0 Å². The lowest BCUT2D eigenvalue weighted by molar-refractivity contribution is 0.882. The second-order valence-electron chi connectivity index (χ2n) is 2.89. The Labute approximate surface area is 71.1 Å². The maximum atomic E-state index is 4.27. The summed E-state index contributed by atoms with van der Waals surface area (Å²) in [6.07, 6.45) is 4.73. The lowest BCUT2D eigenvalue weighted by atomic mass is 10.2. The maximum Gasteiger partial charge on any atom is 0.154 e. The zero-order chi connectivity index (χ0) is 8.55. The van der Waals surface area contributed by atoms with Crippen LogP contribution >= 0.6 is 0 Å². The van der Waals surface area contributed by atoms with E-state index in [1.807, 2.05) is 23.8 Å². The molecule has 0 saturated heterocycles. The Balaban J connectivity index is 2.69. The first-order chi connectivity index (χ1) is 5.81. The van der Waals surface area contributed by atoms with Gasteiger partial charge in [0.1, 0.15) is 0 Å². The van der Waals surface area contributed by atoms with Crippen LogP contribution in [0.15, 0.2) is 18.5 Å². The van der Waals surface area contributed by atoms with Crippen LogP contribution in [0.5, 0.6) is 0 Å². The number of aromatic nitrogens is 3. The van der Waals surface area contributed by atoms with Gasteiger partial charge in [0.2, 0.25) is 0 Å². The van der Waals surface area contributed by atoms with Crippen LogP contribution in [-0.2, 0) is 6.42 Å². The van der Waals surface area contributed by atoms with Gasteiger partial charge in [0.05, 0.1) is 18.1 Å². The van der Waals surface area contributed by atoms with Crippen molar-refractivity contribution >= 4 is 5.65 Å². The summed E-state index contributed by atoms with van der Waals surface area (Å²) in [5.74, 6) is 0. The van der Waals surface area contributed by atoms with Gasteiger partial charge in [-0.2, -0.15) is 5.10 Å². The fourth-order valence-corrected chi connectivity index (χ4v) is 1.23. The van der Waals surface area contributed by atoms with Crippen molar-refractivity contribution in [3.8, 4) is 0 Å². The molecule has 0 spiro atoms. The van der Waals surface area contributed by atoms with Gasteiger partial charge in [-0.25, -0.2) is 9.50 Å². The summed E-state index contributed by atoms with van der Waals surface area (Å²) >= 11 is 0. The predicted octanol–water partition coefficient (Wildman–Crippen LogP) is 1.60. The third kappa shape index (κ3) is 0.978. The Kier molecular flexibility index (Phi) is 1.57. The molecule has 0 unspecified atom stereocenters. The molecule has 2 rings (SSSR count). The van der Waals surface area contributed by atoms with Gasteiger partial charge in [-0.15, -0.1) is 0 Å². The summed E-state index contributed by atoms with van der Waals surface area (Å²) in [6, 6.07) is 2.07. The van der Waals surface area contributed by atoms with E-state index in [1.165, 1.54) is 5.56 Å². The van der Waals surface area contributed by atoms with Gasteiger partial charge in [0.25, 0.3) is 0 Å². The molecule has 0 amide bonds. The van der Waals surface area contributed by atoms with Crippen LogP contribution in [0.3, 0.4) is 0 Å². The summed E-state index contributed by atoms with van der Waals surface area (Å²) in [7, 11) is 0. The summed E-state index contributed by atoms with van der Waals surface area (Å²) in [4.78, 5) is 4.23. The van der Waals surface area contributed by atoms with Gasteiger partial charge >= 0.3 is 0 Å². The van der Waals surface area contributed by atoms with Crippen LogP contribution < -0.4 is 0 Å². The molecule has 0 atom stereocenters. The average Bonchev–Trinajstić information content (AvgIpc) is 2.47. The highest BCUT2D eigenvalue weighted by molar-refractivity contribution is 5.40. The van der Waals surface area contributed by atoms with Crippen molar-refractivity contribution in [1.82, 2.24) is 14.6 Å². The SMILES string of the molecule is CCc1cnn2c(C)cnc2c1. The van der Waals surface area contributed by atoms with Crippen LogP contribution in [0.4, 0.5) is 0 Å². The molecule has 62 valence electrons. The van der Waals surface area contributed by atoms with E-state index in [2.05, 4.69) is 23.1 Å². The van der Waals surface area contributed by atoms with E-state index in [0.29, 0.717) is 0 Å². The van der Waals surface area contributed by atoms with Crippen molar-refractivity contribution in [3.63, 3.8) is 0 Å². The van der Waals surface area contributed by atoms with E-state index in [4.69, 9.17) is 0 Å². The highest BCUT2D eigenvalue weighted by Crippen LogP contribution is 2.06. The third-order valence-electron chi connectivity index (χ3n) is 2.00. The normalized spacial score (nSPS) is 10.8. The second-order valence-corrected chi connectivity index (χ2v) is 2.89. The van der Waals surface area contributed by atoms with Crippen LogP contribution in [0.1, 0.15) is 18.2 Å². The Bertz CT molecular complexity index is 403. The molecule has 3 heteroatoms. The van der Waals surface area contributed by atoms with E-state index >= 15 is 0 Å². The molecule has 0 fully saturated rings. The average molecular weight is 161 g/mol. The zero-order valence-electron chi connectivity index (χ0n) is 7.28. The van der Waals surface area contributed by atoms with Gasteiger partial charge in [0.15, 0.2) is 5.65 Å². The Morgan fingerprint density at radius 2 is 2.25 bits per heavy atom. The van der Waals surface area contributed by atoms with Gasteiger partial charge in [0, 0.05) is 0 Å². The summed E-state index contributed by atoms with van der Waals surface area (Å²) in [5.41, 5.74) is 3.24. The number of rotatable bonds is 1. The van der Waals surface area contributed by atoms with Gasteiger partial charge in [-0.05, 0) is 25.0 Å². The molecule has 2 aromatic heterocycles. The molecule has 2 heterocycles.